The molecule has 3 amide bonds. The van der Waals surface area contributed by atoms with E-state index in [2.05, 4.69) is 5.32 Å². The zero-order valence-electron chi connectivity index (χ0n) is 13.9. The molecule has 7 heteroatoms. The standard InChI is InChI=1S/C17H20N2O5/c1-10(2)18-16(22)11(3)24-15(21)9-19-14(20)8-12-6-4-5-7-13(12)17(19)23/h4-7,10-11H,8-9H2,1-3H3,(H,18,22)/t11-/m1/s1. The van der Waals surface area contributed by atoms with E-state index in [9.17, 15) is 19.2 Å². The average Bonchev–Trinajstić information content (AvgIpc) is 2.50. The number of ether oxygens (including phenoxy) is 1. The minimum Gasteiger partial charge on any atom is -0.451 e. The van der Waals surface area contributed by atoms with Crippen molar-refractivity contribution in [2.75, 3.05) is 6.54 Å². The lowest BCUT2D eigenvalue weighted by atomic mass is 9.98. The van der Waals surface area contributed by atoms with Crippen molar-refractivity contribution >= 4 is 23.7 Å². The third kappa shape index (κ3) is 3.98. The van der Waals surface area contributed by atoms with Gasteiger partial charge in [0.05, 0.1) is 6.42 Å². The number of hydrogen-bond acceptors (Lipinski definition) is 5. The molecule has 1 aromatic carbocycles. The number of rotatable bonds is 5. The zero-order chi connectivity index (χ0) is 17.9. The van der Waals surface area contributed by atoms with Gasteiger partial charge in [-0.3, -0.25) is 24.1 Å². The SMILES string of the molecule is CC(C)NC(=O)[C@@H](C)OC(=O)CN1C(=O)Cc2ccccc2C1=O. The number of amides is 3. The Labute approximate surface area is 140 Å². The van der Waals surface area contributed by atoms with Crippen LogP contribution in [-0.4, -0.2) is 47.3 Å². The third-order valence-electron chi connectivity index (χ3n) is 3.53. The molecule has 1 atom stereocenters. The first-order valence-corrected chi connectivity index (χ1v) is 7.72. The van der Waals surface area contributed by atoms with Gasteiger partial charge in [-0.05, 0) is 32.4 Å². The van der Waals surface area contributed by atoms with Gasteiger partial charge < -0.3 is 10.1 Å². The van der Waals surface area contributed by atoms with E-state index in [1.54, 1.807) is 38.1 Å². The van der Waals surface area contributed by atoms with Gasteiger partial charge in [-0.2, -0.15) is 0 Å². The fourth-order valence-corrected chi connectivity index (χ4v) is 2.38. The maximum absolute atomic E-state index is 12.3. The van der Waals surface area contributed by atoms with E-state index >= 15 is 0 Å². The summed E-state index contributed by atoms with van der Waals surface area (Å²) in [7, 11) is 0. The van der Waals surface area contributed by atoms with Gasteiger partial charge in [0.15, 0.2) is 6.10 Å². The van der Waals surface area contributed by atoms with Crippen molar-refractivity contribution < 1.29 is 23.9 Å². The molecule has 0 bridgehead atoms. The highest BCUT2D eigenvalue weighted by molar-refractivity contribution is 6.11. The first-order chi connectivity index (χ1) is 11.3. The van der Waals surface area contributed by atoms with Gasteiger partial charge in [0.2, 0.25) is 5.91 Å². The van der Waals surface area contributed by atoms with Gasteiger partial charge in [-0.15, -0.1) is 0 Å². The van der Waals surface area contributed by atoms with E-state index in [1.807, 2.05) is 0 Å². The normalized spacial score (nSPS) is 15.1. The Kier molecular flexibility index (Phi) is 5.33. The van der Waals surface area contributed by atoms with Crippen LogP contribution in [0.15, 0.2) is 24.3 Å². The number of imide groups is 1. The van der Waals surface area contributed by atoms with Crippen molar-refractivity contribution in [3.05, 3.63) is 35.4 Å². The Bertz CT molecular complexity index is 683. The highest BCUT2D eigenvalue weighted by Gasteiger charge is 2.33. The lowest BCUT2D eigenvalue weighted by Gasteiger charge is -2.26. The average molecular weight is 332 g/mol. The molecule has 0 unspecified atom stereocenters. The predicted octanol–water partition coefficient (Wildman–Crippen LogP) is 0.668. The molecule has 0 fully saturated rings. The lowest BCUT2D eigenvalue weighted by molar-refractivity contribution is -0.157. The molecule has 0 aliphatic carbocycles. The molecule has 7 nitrogen and oxygen atoms in total. The molecule has 1 N–H and O–H groups in total. The third-order valence-corrected chi connectivity index (χ3v) is 3.53. The fourth-order valence-electron chi connectivity index (χ4n) is 2.38. The molecular formula is C17H20N2O5. The molecule has 0 saturated heterocycles. The summed E-state index contributed by atoms with van der Waals surface area (Å²) in [5.74, 6) is -2.23. The van der Waals surface area contributed by atoms with Crippen LogP contribution in [0.5, 0.6) is 0 Å². The van der Waals surface area contributed by atoms with Crippen LogP contribution in [0.1, 0.15) is 36.7 Å². The van der Waals surface area contributed by atoms with Crippen molar-refractivity contribution in [1.29, 1.82) is 0 Å². The first kappa shape index (κ1) is 17.7. The van der Waals surface area contributed by atoms with Gasteiger partial charge >= 0.3 is 5.97 Å². The minimum absolute atomic E-state index is 0.0541. The first-order valence-electron chi connectivity index (χ1n) is 7.72. The van der Waals surface area contributed by atoms with Crippen LogP contribution in [-0.2, 0) is 25.5 Å². The van der Waals surface area contributed by atoms with Crippen LogP contribution in [0.3, 0.4) is 0 Å². The number of nitrogens with zero attached hydrogens (tertiary/aromatic N) is 1. The summed E-state index contributed by atoms with van der Waals surface area (Å²) in [4.78, 5) is 49.0. The maximum Gasteiger partial charge on any atom is 0.326 e. The highest BCUT2D eigenvalue weighted by Crippen LogP contribution is 2.19. The molecule has 24 heavy (non-hydrogen) atoms. The number of fused-ring (bicyclic) bond motifs is 1. The minimum atomic E-state index is -0.998. The van der Waals surface area contributed by atoms with E-state index in [-0.39, 0.29) is 12.5 Å². The monoisotopic (exact) mass is 332 g/mol. The summed E-state index contributed by atoms with van der Waals surface area (Å²) in [6.45, 7) is 4.50. The molecule has 1 aliphatic heterocycles. The second-order valence-corrected chi connectivity index (χ2v) is 5.91. The summed E-state index contributed by atoms with van der Waals surface area (Å²) < 4.78 is 5.00. The van der Waals surface area contributed by atoms with E-state index < -0.39 is 36.3 Å². The summed E-state index contributed by atoms with van der Waals surface area (Å²) >= 11 is 0. The molecule has 1 aliphatic rings. The Morgan fingerprint density at radius 1 is 1.21 bits per heavy atom. The summed E-state index contributed by atoms with van der Waals surface area (Å²) in [6, 6.07) is 6.68. The maximum atomic E-state index is 12.3. The van der Waals surface area contributed by atoms with E-state index in [1.165, 1.54) is 6.92 Å². The van der Waals surface area contributed by atoms with Crippen molar-refractivity contribution in [3.63, 3.8) is 0 Å². The van der Waals surface area contributed by atoms with Crippen molar-refractivity contribution in [2.45, 2.75) is 39.3 Å². The lowest BCUT2D eigenvalue weighted by Crippen LogP contribution is -2.47. The Balaban J connectivity index is 2.00. The van der Waals surface area contributed by atoms with Gasteiger partial charge in [0.25, 0.3) is 11.8 Å². The Morgan fingerprint density at radius 2 is 1.88 bits per heavy atom. The van der Waals surface area contributed by atoms with Crippen molar-refractivity contribution in [3.8, 4) is 0 Å². The summed E-state index contributed by atoms with van der Waals surface area (Å²) in [5, 5.41) is 2.62. The number of esters is 1. The number of benzene rings is 1. The molecule has 128 valence electrons. The van der Waals surface area contributed by atoms with Crippen molar-refractivity contribution in [2.24, 2.45) is 0 Å². The smallest absolute Gasteiger partial charge is 0.326 e. The van der Waals surface area contributed by atoms with Crippen molar-refractivity contribution in [1.82, 2.24) is 10.2 Å². The fraction of sp³-hybridized carbons (Fsp3) is 0.412. The molecule has 0 aromatic heterocycles. The number of nitrogens with one attached hydrogen (secondary N) is 1. The molecule has 1 aromatic rings. The molecule has 2 rings (SSSR count). The predicted molar refractivity (Wildman–Crippen MR) is 85.0 cm³/mol. The van der Waals surface area contributed by atoms with Gasteiger partial charge in [0.1, 0.15) is 6.54 Å². The van der Waals surface area contributed by atoms with E-state index in [0.717, 1.165) is 4.90 Å². The second-order valence-electron chi connectivity index (χ2n) is 5.91. The van der Waals surface area contributed by atoms with Gasteiger partial charge in [-0.25, -0.2) is 0 Å². The Morgan fingerprint density at radius 3 is 2.54 bits per heavy atom. The summed E-state index contributed by atoms with van der Waals surface area (Å²) in [6.07, 6.45) is -0.944. The second kappa shape index (κ2) is 7.25. The zero-order valence-corrected chi connectivity index (χ0v) is 13.9. The number of carbonyl (C=O) groups excluding carboxylic acids is 4. The highest BCUT2D eigenvalue weighted by atomic mass is 16.5. The van der Waals surface area contributed by atoms with Gasteiger partial charge in [-0.1, -0.05) is 18.2 Å². The number of hydrogen-bond donors (Lipinski definition) is 1. The molecule has 0 radical (unpaired) electrons. The van der Waals surface area contributed by atoms with Crippen LogP contribution in [0.2, 0.25) is 0 Å². The molecule has 1 heterocycles. The van der Waals surface area contributed by atoms with Gasteiger partial charge in [0, 0.05) is 11.6 Å². The number of carbonyl (C=O) groups is 4. The summed E-state index contributed by atoms with van der Waals surface area (Å²) in [5.41, 5.74) is 1.04. The molecule has 0 saturated carbocycles. The van der Waals surface area contributed by atoms with Crippen LogP contribution < -0.4 is 5.32 Å². The van der Waals surface area contributed by atoms with E-state index in [4.69, 9.17) is 4.74 Å². The van der Waals surface area contributed by atoms with E-state index in [0.29, 0.717) is 11.1 Å². The Hall–Kier alpha value is -2.70. The quantitative estimate of drug-likeness (QED) is 0.632. The largest absolute Gasteiger partial charge is 0.451 e. The topological polar surface area (TPSA) is 92.8 Å². The molecule has 0 spiro atoms. The molecular weight excluding hydrogens is 312 g/mol. The van der Waals surface area contributed by atoms with Crippen LogP contribution in [0, 0.1) is 0 Å². The van der Waals surface area contributed by atoms with Crippen LogP contribution >= 0.6 is 0 Å². The van der Waals surface area contributed by atoms with Crippen LogP contribution in [0.4, 0.5) is 0 Å². The van der Waals surface area contributed by atoms with Crippen LogP contribution in [0.25, 0.3) is 0 Å².